The van der Waals surface area contributed by atoms with Crippen molar-refractivity contribution in [3.05, 3.63) is 28.2 Å². The summed E-state index contributed by atoms with van der Waals surface area (Å²) >= 11 is 3.37. The minimum Gasteiger partial charge on any atom is -0.348 e. The van der Waals surface area contributed by atoms with E-state index >= 15 is 0 Å². The summed E-state index contributed by atoms with van der Waals surface area (Å²) in [5.41, 5.74) is 0.592. The van der Waals surface area contributed by atoms with Gasteiger partial charge in [0.25, 0.3) is 5.91 Å². The first-order chi connectivity index (χ1) is 13.1. The van der Waals surface area contributed by atoms with Crippen molar-refractivity contribution >= 4 is 31.9 Å². The van der Waals surface area contributed by atoms with Gasteiger partial charge in [0, 0.05) is 29.2 Å². The van der Waals surface area contributed by atoms with Crippen molar-refractivity contribution < 1.29 is 13.2 Å². The molecule has 154 valence electrons. The first-order valence-corrected chi connectivity index (χ1v) is 12.4. The van der Waals surface area contributed by atoms with Crippen LogP contribution < -0.4 is 5.32 Å². The summed E-state index contributed by atoms with van der Waals surface area (Å²) in [5.74, 6) is 0.455. The van der Waals surface area contributed by atoms with Gasteiger partial charge in [-0.15, -0.1) is 0 Å². The highest BCUT2D eigenvalue weighted by Crippen LogP contribution is 2.62. The van der Waals surface area contributed by atoms with Crippen molar-refractivity contribution in [2.75, 3.05) is 13.1 Å². The molecule has 1 saturated heterocycles. The first-order valence-electron chi connectivity index (χ1n) is 10.2. The molecule has 0 radical (unpaired) electrons. The molecular formula is C21H29BrN2O3S. The molecular weight excluding hydrogens is 440 g/mol. The fourth-order valence-corrected chi connectivity index (χ4v) is 8.25. The lowest BCUT2D eigenvalue weighted by atomic mass is 9.68. The van der Waals surface area contributed by atoms with E-state index in [-0.39, 0.29) is 27.7 Å². The van der Waals surface area contributed by atoms with Crippen molar-refractivity contribution in [3.8, 4) is 0 Å². The standard InChI is InChI=1S/C21H29BrN2O3S/c1-20(2)15-8-9-21(3,13-15)19(20)23-18(25)14-6-7-16(22)17(12-14)28(26,27)24-10-4-5-11-24/h6-7,12,15,19H,4-5,8-11,13H2,1-3H3,(H,23,25)/t15-,19?,21-/m1/s1. The molecule has 1 aromatic rings. The number of rotatable bonds is 4. The predicted molar refractivity (Wildman–Crippen MR) is 113 cm³/mol. The minimum atomic E-state index is -3.59. The van der Waals surface area contributed by atoms with E-state index < -0.39 is 10.0 Å². The zero-order valence-corrected chi connectivity index (χ0v) is 19.2. The summed E-state index contributed by atoms with van der Waals surface area (Å²) in [5, 5.41) is 3.26. The van der Waals surface area contributed by atoms with Crippen LogP contribution in [0.15, 0.2) is 27.6 Å². The third kappa shape index (κ3) is 3.14. The molecule has 2 saturated carbocycles. The van der Waals surface area contributed by atoms with Gasteiger partial charge in [-0.25, -0.2) is 8.42 Å². The van der Waals surface area contributed by atoms with Crippen LogP contribution in [0.2, 0.25) is 0 Å². The van der Waals surface area contributed by atoms with Crippen LogP contribution in [0.1, 0.15) is 63.2 Å². The van der Waals surface area contributed by atoms with Gasteiger partial charge in [0.15, 0.2) is 0 Å². The lowest BCUT2D eigenvalue weighted by Crippen LogP contribution is -2.52. The highest BCUT2D eigenvalue weighted by molar-refractivity contribution is 9.10. The first kappa shape index (κ1) is 20.4. The Bertz CT molecular complexity index is 903. The number of nitrogens with zero attached hydrogens (tertiary/aromatic N) is 1. The summed E-state index contributed by atoms with van der Waals surface area (Å²) in [6.07, 6.45) is 5.29. The molecule has 0 aromatic heterocycles. The number of amides is 1. The average Bonchev–Trinajstić information content (AvgIpc) is 3.33. The number of hydrogen-bond acceptors (Lipinski definition) is 3. The molecule has 7 heteroatoms. The van der Waals surface area contributed by atoms with Crippen molar-refractivity contribution in [1.29, 1.82) is 0 Å². The van der Waals surface area contributed by atoms with Crippen molar-refractivity contribution in [1.82, 2.24) is 9.62 Å². The van der Waals surface area contributed by atoms with Gasteiger partial charge in [-0.3, -0.25) is 4.79 Å². The molecule has 3 aliphatic rings. The maximum Gasteiger partial charge on any atom is 0.251 e. The quantitative estimate of drug-likeness (QED) is 0.720. The Morgan fingerprint density at radius 2 is 1.89 bits per heavy atom. The second kappa shape index (κ2) is 6.81. The van der Waals surface area contributed by atoms with Crippen LogP contribution in [-0.4, -0.2) is 37.8 Å². The van der Waals surface area contributed by atoms with Crippen LogP contribution in [0.25, 0.3) is 0 Å². The lowest BCUT2D eigenvalue weighted by molar-refractivity contribution is 0.0737. The Kier molecular flexibility index (Phi) is 4.95. The van der Waals surface area contributed by atoms with Crippen molar-refractivity contribution in [2.45, 2.75) is 63.8 Å². The monoisotopic (exact) mass is 468 g/mol. The summed E-state index contributed by atoms with van der Waals surface area (Å²) in [6, 6.07) is 5.00. The molecule has 1 heterocycles. The van der Waals surface area contributed by atoms with Crippen molar-refractivity contribution in [3.63, 3.8) is 0 Å². The molecule has 1 unspecified atom stereocenters. The summed E-state index contributed by atoms with van der Waals surface area (Å²) < 4.78 is 28.0. The summed E-state index contributed by atoms with van der Waals surface area (Å²) in [7, 11) is -3.59. The molecule has 1 aromatic carbocycles. The van der Waals surface area contributed by atoms with E-state index in [1.165, 1.54) is 16.8 Å². The Balaban J connectivity index is 1.61. The molecule has 1 aliphatic heterocycles. The largest absolute Gasteiger partial charge is 0.348 e. The second-order valence-electron chi connectivity index (χ2n) is 9.58. The Morgan fingerprint density at radius 1 is 1.21 bits per heavy atom. The number of benzene rings is 1. The number of hydrogen-bond donors (Lipinski definition) is 1. The fraction of sp³-hybridized carbons (Fsp3) is 0.667. The number of halogens is 1. The molecule has 1 N–H and O–H groups in total. The predicted octanol–water partition coefficient (Wildman–Crippen LogP) is 4.18. The number of carbonyl (C=O) groups excluding carboxylic acids is 1. The normalized spacial score (nSPS) is 32.0. The van der Waals surface area contributed by atoms with Crippen LogP contribution in [0, 0.1) is 16.7 Å². The average molecular weight is 469 g/mol. The van der Waals surface area contributed by atoms with Crippen LogP contribution >= 0.6 is 15.9 Å². The minimum absolute atomic E-state index is 0.0580. The van der Waals surface area contributed by atoms with Gasteiger partial charge in [-0.05, 0) is 83.0 Å². The SMILES string of the molecule is CC1(C)C(NC(=O)c2ccc(Br)c(S(=O)(=O)N3CCCC3)c2)[C@]2(C)CC[C@@H]1C2. The molecule has 2 bridgehead atoms. The molecule has 3 atom stereocenters. The molecule has 1 amide bonds. The number of fused-ring (bicyclic) bond motifs is 2. The van der Waals surface area contributed by atoms with E-state index in [4.69, 9.17) is 0 Å². The maximum absolute atomic E-state index is 13.1. The molecule has 4 rings (SSSR count). The molecule has 3 fully saturated rings. The van der Waals surface area contributed by atoms with Gasteiger partial charge in [-0.1, -0.05) is 20.8 Å². The number of sulfonamides is 1. The third-order valence-corrected chi connectivity index (χ3v) is 10.3. The Labute approximate surface area is 176 Å². The third-order valence-electron chi connectivity index (χ3n) is 7.42. The van der Waals surface area contributed by atoms with E-state index in [2.05, 4.69) is 42.0 Å². The van der Waals surface area contributed by atoms with Gasteiger partial charge < -0.3 is 5.32 Å². The van der Waals surface area contributed by atoms with Gasteiger partial charge >= 0.3 is 0 Å². The zero-order valence-electron chi connectivity index (χ0n) is 16.8. The van der Waals surface area contributed by atoms with Crippen LogP contribution in [0.5, 0.6) is 0 Å². The highest BCUT2D eigenvalue weighted by atomic mass is 79.9. The fourth-order valence-electron chi connectivity index (χ4n) is 5.79. The second-order valence-corrected chi connectivity index (χ2v) is 12.3. The van der Waals surface area contributed by atoms with Crippen LogP contribution in [0.3, 0.4) is 0 Å². The smallest absolute Gasteiger partial charge is 0.251 e. The highest BCUT2D eigenvalue weighted by Gasteiger charge is 2.59. The van der Waals surface area contributed by atoms with Gasteiger partial charge in [0.2, 0.25) is 10.0 Å². The summed E-state index contributed by atoms with van der Waals surface area (Å²) in [4.78, 5) is 13.3. The van der Waals surface area contributed by atoms with E-state index in [9.17, 15) is 13.2 Å². The molecule has 5 nitrogen and oxygen atoms in total. The van der Waals surface area contributed by atoms with Gasteiger partial charge in [-0.2, -0.15) is 4.31 Å². The van der Waals surface area contributed by atoms with E-state index in [0.717, 1.165) is 25.7 Å². The van der Waals surface area contributed by atoms with Gasteiger partial charge in [0.1, 0.15) is 0 Å². The Morgan fingerprint density at radius 3 is 2.50 bits per heavy atom. The van der Waals surface area contributed by atoms with E-state index in [1.54, 1.807) is 12.1 Å². The molecule has 28 heavy (non-hydrogen) atoms. The van der Waals surface area contributed by atoms with Crippen LogP contribution in [0.4, 0.5) is 0 Å². The molecule has 0 spiro atoms. The molecule has 2 aliphatic carbocycles. The Hall–Kier alpha value is -0.920. The number of carbonyl (C=O) groups is 1. The lowest BCUT2D eigenvalue weighted by Gasteiger charge is -2.43. The number of nitrogens with one attached hydrogen (secondary N) is 1. The van der Waals surface area contributed by atoms with Crippen molar-refractivity contribution in [2.24, 2.45) is 16.7 Å². The van der Waals surface area contributed by atoms with E-state index in [0.29, 0.717) is 29.0 Å². The summed E-state index contributed by atoms with van der Waals surface area (Å²) in [6.45, 7) is 7.86. The van der Waals surface area contributed by atoms with Crippen LogP contribution in [-0.2, 0) is 10.0 Å². The van der Waals surface area contributed by atoms with E-state index in [1.807, 2.05) is 0 Å². The maximum atomic E-state index is 13.1. The zero-order chi connectivity index (χ0) is 20.3. The topological polar surface area (TPSA) is 66.5 Å². The van der Waals surface area contributed by atoms with Gasteiger partial charge in [0.05, 0.1) is 4.90 Å².